The van der Waals surface area contributed by atoms with Crippen molar-refractivity contribution in [1.82, 2.24) is 9.78 Å². The van der Waals surface area contributed by atoms with Crippen molar-refractivity contribution in [3.05, 3.63) is 29.5 Å². The quantitative estimate of drug-likeness (QED) is 0.925. The van der Waals surface area contributed by atoms with Crippen LogP contribution in [0, 0.1) is 6.92 Å². The Labute approximate surface area is 116 Å². The molecule has 0 bridgehead atoms. The molecule has 106 valence electrons. The number of hydrogen-bond donors (Lipinski definition) is 1. The summed E-state index contributed by atoms with van der Waals surface area (Å²) < 4.78 is 12.1. The molecule has 0 spiro atoms. The van der Waals surface area contributed by atoms with Crippen molar-refractivity contribution in [3.63, 3.8) is 0 Å². The standard InChI is InChI=1S/C14H16N2O4/c1-8-10(5-9(19-3)6-13(8)20-4)12-7-11(14(17)18)15-16(12)2/h5-7H,1-4H3,(H,17,18). The van der Waals surface area contributed by atoms with E-state index in [0.29, 0.717) is 17.2 Å². The molecule has 2 aromatic rings. The first-order chi connectivity index (χ1) is 9.47. The van der Waals surface area contributed by atoms with Gasteiger partial charge >= 0.3 is 5.97 Å². The molecule has 0 aliphatic heterocycles. The first-order valence-electron chi connectivity index (χ1n) is 5.98. The van der Waals surface area contributed by atoms with Crippen LogP contribution >= 0.6 is 0 Å². The number of rotatable bonds is 4. The fourth-order valence-electron chi connectivity index (χ4n) is 2.08. The fourth-order valence-corrected chi connectivity index (χ4v) is 2.08. The van der Waals surface area contributed by atoms with Gasteiger partial charge in [-0.05, 0) is 19.1 Å². The lowest BCUT2D eigenvalue weighted by molar-refractivity contribution is 0.0689. The summed E-state index contributed by atoms with van der Waals surface area (Å²) in [5, 5.41) is 13.0. The van der Waals surface area contributed by atoms with Gasteiger partial charge in [0.15, 0.2) is 5.69 Å². The first kappa shape index (κ1) is 13.9. The van der Waals surface area contributed by atoms with Crippen LogP contribution in [0.2, 0.25) is 0 Å². The highest BCUT2D eigenvalue weighted by Gasteiger charge is 2.17. The highest BCUT2D eigenvalue weighted by molar-refractivity contribution is 5.87. The lowest BCUT2D eigenvalue weighted by Crippen LogP contribution is -2.00. The molecule has 0 aliphatic carbocycles. The van der Waals surface area contributed by atoms with E-state index in [-0.39, 0.29) is 5.69 Å². The molecule has 0 radical (unpaired) electrons. The zero-order valence-electron chi connectivity index (χ0n) is 11.8. The zero-order valence-corrected chi connectivity index (χ0v) is 11.8. The highest BCUT2D eigenvalue weighted by atomic mass is 16.5. The van der Waals surface area contributed by atoms with E-state index in [1.54, 1.807) is 27.3 Å². The molecule has 1 N–H and O–H groups in total. The normalized spacial score (nSPS) is 10.4. The Morgan fingerprint density at radius 3 is 2.45 bits per heavy atom. The number of aromatic nitrogens is 2. The molecule has 6 nitrogen and oxygen atoms in total. The largest absolute Gasteiger partial charge is 0.497 e. The van der Waals surface area contributed by atoms with Crippen LogP contribution in [-0.4, -0.2) is 35.1 Å². The lowest BCUT2D eigenvalue weighted by atomic mass is 10.0. The molecule has 0 unspecified atom stereocenters. The van der Waals surface area contributed by atoms with Crippen molar-refractivity contribution >= 4 is 5.97 Å². The van der Waals surface area contributed by atoms with Crippen molar-refractivity contribution < 1.29 is 19.4 Å². The van der Waals surface area contributed by atoms with Crippen LogP contribution in [0.15, 0.2) is 18.2 Å². The number of carboxylic acids is 1. The Morgan fingerprint density at radius 1 is 1.25 bits per heavy atom. The van der Waals surface area contributed by atoms with Crippen LogP contribution in [0.5, 0.6) is 11.5 Å². The number of methoxy groups -OCH3 is 2. The van der Waals surface area contributed by atoms with Gasteiger partial charge in [0, 0.05) is 24.2 Å². The van der Waals surface area contributed by atoms with Gasteiger partial charge in [0.2, 0.25) is 0 Å². The second-order valence-electron chi connectivity index (χ2n) is 4.35. The van der Waals surface area contributed by atoms with Gasteiger partial charge in [-0.1, -0.05) is 0 Å². The Morgan fingerprint density at radius 2 is 1.95 bits per heavy atom. The molecule has 1 aromatic heterocycles. The van der Waals surface area contributed by atoms with Gasteiger partial charge in [0.25, 0.3) is 0 Å². The van der Waals surface area contributed by atoms with Crippen LogP contribution in [0.25, 0.3) is 11.3 Å². The van der Waals surface area contributed by atoms with Gasteiger partial charge in [-0.15, -0.1) is 0 Å². The first-order valence-corrected chi connectivity index (χ1v) is 5.98. The summed E-state index contributed by atoms with van der Waals surface area (Å²) in [6.45, 7) is 1.90. The maximum absolute atomic E-state index is 11.0. The van der Waals surface area contributed by atoms with Crippen LogP contribution in [0.1, 0.15) is 16.1 Å². The van der Waals surface area contributed by atoms with Gasteiger partial charge in [-0.3, -0.25) is 4.68 Å². The third-order valence-electron chi connectivity index (χ3n) is 3.16. The second kappa shape index (κ2) is 5.24. The molecule has 2 rings (SSSR count). The minimum absolute atomic E-state index is 0.00341. The molecule has 0 amide bonds. The number of carboxylic acid groups (broad SMARTS) is 1. The number of ether oxygens (including phenoxy) is 2. The third-order valence-corrected chi connectivity index (χ3v) is 3.16. The SMILES string of the molecule is COc1cc(OC)c(C)c(-c2cc(C(=O)O)nn2C)c1. The number of nitrogens with zero attached hydrogens (tertiary/aromatic N) is 2. The van der Waals surface area contributed by atoms with Gasteiger partial charge in [0.05, 0.1) is 19.9 Å². The van der Waals surface area contributed by atoms with E-state index in [4.69, 9.17) is 14.6 Å². The van der Waals surface area contributed by atoms with Crippen LogP contribution in [0.3, 0.4) is 0 Å². The maximum atomic E-state index is 11.0. The monoisotopic (exact) mass is 276 g/mol. The Bertz CT molecular complexity index is 661. The smallest absolute Gasteiger partial charge is 0.356 e. The highest BCUT2D eigenvalue weighted by Crippen LogP contribution is 2.34. The van der Waals surface area contributed by atoms with Crippen molar-refractivity contribution in [2.75, 3.05) is 14.2 Å². The summed E-state index contributed by atoms with van der Waals surface area (Å²) in [4.78, 5) is 11.0. The Hall–Kier alpha value is -2.50. The van der Waals surface area contributed by atoms with E-state index in [9.17, 15) is 4.79 Å². The van der Waals surface area contributed by atoms with E-state index in [2.05, 4.69) is 5.10 Å². The van der Waals surface area contributed by atoms with Gasteiger partial charge in [-0.25, -0.2) is 4.79 Å². The van der Waals surface area contributed by atoms with E-state index in [1.807, 2.05) is 13.0 Å². The third kappa shape index (κ3) is 2.32. The van der Waals surface area contributed by atoms with Crippen molar-refractivity contribution in [3.8, 4) is 22.8 Å². The van der Waals surface area contributed by atoms with E-state index in [1.165, 1.54) is 10.7 Å². The number of aromatic carboxylic acids is 1. The summed E-state index contributed by atoms with van der Waals surface area (Å²) in [7, 11) is 4.85. The molecular weight excluding hydrogens is 260 g/mol. The summed E-state index contributed by atoms with van der Waals surface area (Å²) in [6.07, 6.45) is 0. The Kier molecular flexibility index (Phi) is 3.65. The average Bonchev–Trinajstić information content (AvgIpc) is 2.81. The molecule has 20 heavy (non-hydrogen) atoms. The molecule has 0 saturated heterocycles. The predicted octanol–water partition coefficient (Wildman–Crippen LogP) is 2.11. The van der Waals surface area contributed by atoms with Crippen LogP contribution in [0.4, 0.5) is 0 Å². The molecule has 1 heterocycles. The molecule has 0 saturated carbocycles. The Balaban J connectivity index is 2.65. The number of aryl methyl sites for hydroxylation is 1. The fraction of sp³-hybridized carbons (Fsp3) is 0.286. The van der Waals surface area contributed by atoms with Gasteiger partial charge in [0.1, 0.15) is 11.5 Å². The van der Waals surface area contributed by atoms with Crippen LogP contribution in [-0.2, 0) is 7.05 Å². The molecule has 1 aromatic carbocycles. The minimum Gasteiger partial charge on any atom is -0.497 e. The summed E-state index contributed by atoms with van der Waals surface area (Å²) in [5.41, 5.74) is 2.41. The van der Waals surface area contributed by atoms with E-state index < -0.39 is 5.97 Å². The molecule has 6 heteroatoms. The summed E-state index contributed by atoms with van der Waals surface area (Å²) in [6, 6.07) is 5.15. The number of benzene rings is 1. The van der Waals surface area contributed by atoms with Crippen molar-refractivity contribution in [1.29, 1.82) is 0 Å². The van der Waals surface area contributed by atoms with Crippen LogP contribution < -0.4 is 9.47 Å². The summed E-state index contributed by atoms with van der Waals surface area (Å²) in [5.74, 6) is 0.261. The molecular formula is C14H16N2O4. The molecule has 0 atom stereocenters. The van der Waals surface area contributed by atoms with Crippen molar-refractivity contribution in [2.45, 2.75) is 6.92 Å². The molecule has 0 aliphatic rings. The summed E-state index contributed by atoms with van der Waals surface area (Å²) >= 11 is 0. The van der Waals surface area contributed by atoms with Gasteiger partial charge in [-0.2, -0.15) is 5.10 Å². The minimum atomic E-state index is -1.06. The van der Waals surface area contributed by atoms with E-state index >= 15 is 0 Å². The number of carbonyl (C=O) groups is 1. The second-order valence-corrected chi connectivity index (χ2v) is 4.35. The predicted molar refractivity (Wildman–Crippen MR) is 73.4 cm³/mol. The van der Waals surface area contributed by atoms with Gasteiger partial charge < -0.3 is 14.6 Å². The zero-order chi connectivity index (χ0) is 14.9. The maximum Gasteiger partial charge on any atom is 0.356 e. The van der Waals surface area contributed by atoms with Crippen molar-refractivity contribution in [2.24, 2.45) is 7.05 Å². The van der Waals surface area contributed by atoms with E-state index in [0.717, 1.165) is 11.1 Å². The average molecular weight is 276 g/mol. The lowest BCUT2D eigenvalue weighted by Gasteiger charge is -2.13. The topological polar surface area (TPSA) is 73.6 Å². The number of hydrogen-bond acceptors (Lipinski definition) is 4. The molecule has 0 fully saturated rings.